The van der Waals surface area contributed by atoms with Crippen LogP contribution in [-0.2, 0) is 21.5 Å². The number of benzene rings is 3. The van der Waals surface area contributed by atoms with Crippen LogP contribution in [0.3, 0.4) is 0 Å². The van der Waals surface area contributed by atoms with Crippen LogP contribution in [0.1, 0.15) is 64.3 Å². The van der Waals surface area contributed by atoms with Crippen LogP contribution in [0.5, 0.6) is 34.9 Å². The molecule has 3 aromatic carbocycles. The van der Waals surface area contributed by atoms with Gasteiger partial charge in [-0.1, -0.05) is 65.0 Å². The van der Waals surface area contributed by atoms with E-state index in [1.165, 1.54) is 14.2 Å². The summed E-state index contributed by atoms with van der Waals surface area (Å²) in [6, 6.07) is 31.8. The Kier molecular flexibility index (Phi) is 33.4. The molecule has 0 saturated heterocycles. The number of amidine groups is 3. The molecule has 0 aliphatic carbocycles. The molecule has 0 bridgehead atoms. The molecule has 0 spiro atoms. The number of nitrogens with two attached hydrogens (primary N) is 2. The van der Waals surface area contributed by atoms with Gasteiger partial charge in [0.2, 0.25) is 23.4 Å². The number of rotatable bonds is 16. The smallest absolute Gasteiger partial charge is 0.228 e. The highest BCUT2D eigenvalue weighted by molar-refractivity contribution is 9.11. The van der Waals surface area contributed by atoms with Crippen LogP contribution < -0.4 is 45.4 Å². The van der Waals surface area contributed by atoms with Crippen molar-refractivity contribution in [2.24, 2.45) is 26.8 Å². The highest BCUT2D eigenvalue weighted by Gasteiger charge is 2.20. The lowest BCUT2D eigenvalue weighted by molar-refractivity contribution is 0.0620. The van der Waals surface area contributed by atoms with Crippen LogP contribution in [0.25, 0.3) is 0 Å². The van der Waals surface area contributed by atoms with Crippen LogP contribution in [0, 0.1) is 0 Å². The largest absolute Gasteiger partial charge is 0.497 e. The lowest BCUT2D eigenvalue weighted by atomic mass is 10.1. The zero-order chi connectivity index (χ0) is 55.3. The monoisotopic (exact) mass is 1350 g/mol. The van der Waals surface area contributed by atoms with Crippen molar-refractivity contribution in [1.29, 1.82) is 0 Å². The number of nitrogens with zero attached hydrogens (tertiary/aromatic N) is 6. The molecule has 0 amide bonds. The second-order valence-corrected chi connectivity index (χ2v) is 18.7. The standard InChI is InChI=1S/C16H16BrN3O4.C16H16BrN3O3.C9H9BrO2.C7H8BrN3O2.CH3PS.2CH4/c1-22-11-5-3-10(4-6-11)14(21)9-24-20-15(18)13-8-7-12(17)16(19-13)23-2;1-21-11-5-3-10(4-6-11)14-9-23-20-15(18-14)13-8-7-12(17)16(19-13)22-2;1-12-8-4-2-7(3-5-8)9(11)6-10;1-13-7-4(8)2-3-5(10-7)6(9)11-12;1-2-3;;/h3-8H,9H2,1-2H3,(H2,18,20);3-8,14H,9H2,1-2H3,(H,18,20);2-5H,6H2,1H3;2-3,12H,1H3,(H2,9,11);1H3;2*1H4. The number of ketones is 2. The molecule has 77 heavy (non-hydrogen) atoms. The summed E-state index contributed by atoms with van der Waals surface area (Å²) in [6.07, 6.45) is 0. The highest BCUT2D eigenvalue weighted by atomic mass is 79.9. The number of oxime groups is 2. The van der Waals surface area contributed by atoms with E-state index in [9.17, 15) is 9.59 Å². The number of halogens is 4. The van der Waals surface area contributed by atoms with Gasteiger partial charge in [0.05, 0.1) is 61.4 Å². The second-order valence-electron chi connectivity index (χ2n) is 14.1. The lowest BCUT2D eigenvalue weighted by Crippen LogP contribution is -2.33. The first-order valence-corrected chi connectivity index (χ1v) is 27.3. The normalized spacial score (nSPS) is 12.2. The number of alkyl halides is 1. The molecule has 26 heteroatoms. The number of Topliss-reactive ketones (excluding diaryl/α,β-unsaturated/α-hetero) is 2. The summed E-state index contributed by atoms with van der Waals surface area (Å²) < 4.78 is 32.6. The molecule has 1 aliphatic rings. The average Bonchev–Trinajstić information content (AvgIpc) is 3.45. The van der Waals surface area contributed by atoms with Gasteiger partial charge in [0.15, 0.2) is 29.9 Å². The van der Waals surface area contributed by atoms with Gasteiger partial charge in [-0.2, -0.15) is 0 Å². The number of hydrogen-bond donors (Lipinski definition) is 4. The molecule has 6 N–H and O–H groups in total. The van der Waals surface area contributed by atoms with Gasteiger partial charge >= 0.3 is 0 Å². The molecule has 1 aliphatic heterocycles. The number of aromatic nitrogens is 3. The molecule has 0 saturated carbocycles. The summed E-state index contributed by atoms with van der Waals surface area (Å²) in [6.45, 7) is 2.12. The molecule has 7 rings (SSSR count). The SMILES string of the molecule is C.C.COc1ccc(C(=O)CBr)cc1.COc1ccc(C(=O)CO/N=C(\N)c2ccc(Br)c(OC)n2)cc1.COc1ccc(C2CONC(c3ccc(Br)c(OC)n3)=N2)cc1.COc1nc(/C(N)=N/O)ccc1Br.CP=S. The van der Waals surface area contributed by atoms with Gasteiger partial charge in [0, 0.05) is 11.1 Å². The zero-order valence-corrected chi connectivity index (χ0v) is 49.4. The fourth-order valence-electron chi connectivity index (χ4n) is 5.61. The number of aliphatic imine (C=N–C) groups is 1. The number of carbonyl (C=O) groups excluding carboxylic acids is 2. The van der Waals surface area contributed by atoms with Gasteiger partial charge < -0.3 is 49.9 Å². The number of hydrogen-bond acceptors (Lipinski definition) is 19. The number of carbonyl (C=O) groups is 2. The number of ether oxygens (including phenoxy) is 6. The molecule has 20 nitrogen and oxygen atoms in total. The molecule has 1 unspecified atom stereocenters. The summed E-state index contributed by atoms with van der Waals surface area (Å²) in [7, 11) is 10.4. The lowest BCUT2D eigenvalue weighted by Gasteiger charge is -2.22. The number of hydroxylamine groups is 1. The Balaban J connectivity index is 0.000000520. The highest BCUT2D eigenvalue weighted by Crippen LogP contribution is 2.27. The fourth-order valence-corrected chi connectivity index (χ4v) is 7.09. The van der Waals surface area contributed by atoms with E-state index in [0.29, 0.717) is 78.3 Å². The molecule has 4 heterocycles. The zero-order valence-electron chi connectivity index (χ0n) is 41.3. The Morgan fingerprint density at radius 3 is 1.51 bits per heavy atom. The van der Waals surface area contributed by atoms with Crippen molar-refractivity contribution in [1.82, 2.24) is 20.4 Å². The van der Waals surface area contributed by atoms with Crippen molar-refractivity contribution in [3.05, 3.63) is 156 Å². The number of nitrogens with one attached hydrogen (secondary N) is 1. The molecule has 3 aromatic heterocycles. The maximum Gasteiger partial charge on any atom is 0.228 e. The second kappa shape index (κ2) is 37.4. The van der Waals surface area contributed by atoms with Gasteiger partial charge in [-0.25, -0.2) is 20.4 Å². The third-order valence-electron chi connectivity index (χ3n) is 9.40. The van der Waals surface area contributed by atoms with E-state index in [-0.39, 0.29) is 50.7 Å². The van der Waals surface area contributed by atoms with Crippen LogP contribution in [0.2, 0.25) is 0 Å². The van der Waals surface area contributed by atoms with E-state index >= 15 is 0 Å². The minimum atomic E-state index is -0.235. The summed E-state index contributed by atoms with van der Waals surface area (Å²) in [5.74, 6) is 3.94. The Morgan fingerprint density at radius 2 is 1.08 bits per heavy atom. The van der Waals surface area contributed by atoms with E-state index in [1.54, 1.807) is 101 Å². The van der Waals surface area contributed by atoms with Gasteiger partial charge in [-0.15, -0.1) is 0 Å². The van der Waals surface area contributed by atoms with E-state index < -0.39 is 0 Å². The van der Waals surface area contributed by atoms with Gasteiger partial charge in [0.1, 0.15) is 47.0 Å². The first kappa shape index (κ1) is 68.7. The quantitative estimate of drug-likeness (QED) is 0.0133. The first-order chi connectivity index (χ1) is 36.1. The van der Waals surface area contributed by atoms with Crippen LogP contribution >= 0.6 is 71.1 Å². The van der Waals surface area contributed by atoms with Crippen molar-refractivity contribution in [3.63, 3.8) is 0 Å². The maximum atomic E-state index is 12.0. The molecule has 1 atom stereocenters. The Bertz CT molecular complexity index is 2880. The molecular formula is C51H60Br4N9O11PS. The topological polar surface area (TPSA) is 268 Å². The predicted octanol–water partition coefficient (Wildman–Crippen LogP) is 10.8. The molecule has 0 radical (unpaired) electrons. The third-order valence-corrected chi connectivity index (χ3v) is 11.7. The van der Waals surface area contributed by atoms with Crippen molar-refractivity contribution in [2.45, 2.75) is 20.9 Å². The van der Waals surface area contributed by atoms with Crippen LogP contribution in [0.15, 0.2) is 138 Å². The minimum Gasteiger partial charge on any atom is -0.497 e. The van der Waals surface area contributed by atoms with E-state index in [1.807, 2.05) is 43.1 Å². The van der Waals surface area contributed by atoms with E-state index in [4.69, 9.17) is 54.8 Å². The van der Waals surface area contributed by atoms with Crippen molar-refractivity contribution >= 4 is 112 Å². The Morgan fingerprint density at radius 1 is 0.662 bits per heavy atom. The fraction of sp³-hybridized carbons (Fsp3) is 0.255. The maximum absolute atomic E-state index is 12.0. The first-order valence-electron chi connectivity index (χ1n) is 21.4. The van der Waals surface area contributed by atoms with Crippen molar-refractivity contribution in [3.8, 4) is 34.9 Å². The predicted molar refractivity (Wildman–Crippen MR) is 318 cm³/mol. The van der Waals surface area contributed by atoms with Crippen molar-refractivity contribution < 1.29 is 52.9 Å². The molecule has 0 fully saturated rings. The number of methoxy groups -OCH3 is 6. The minimum absolute atomic E-state index is 0. The molecular weight excluding hydrogens is 1300 g/mol. The summed E-state index contributed by atoms with van der Waals surface area (Å²) in [5.41, 5.74) is 17.6. The summed E-state index contributed by atoms with van der Waals surface area (Å²) in [5, 5.41) is 15.3. The van der Waals surface area contributed by atoms with Crippen LogP contribution in [0.4, 0.5) is 0 Å². The van der Waals surface area contributed by atoms with E-state index in [2.05, 4.69) is 111 Å². The Labute approximate surface area is 488 Å². The van der Waals surface area contributed by atoms with Crippen molar-refractivity contribution in [2.75, 3.05) is 67.9 Å². The van der Waals surface area contributed by atoms with Gasteiger partial charge in [0.25, 0.3) is 0 Å². The molecule has 414 valence electrons. The van der Waals surface area contributed by atoms with Crippen LogP contribution in [-0.4, -0.2) is 117 Å². The average molecular weight is 1360 g/mol. The summed E-state index contributed by atoms with van der Waals surface area (Å²) >= 11 is 17.4. The van der Waals surface area contributed by atoms with Gasteiger partial charge in [-0.05, 0) is 164 Å². The Hall–Kier alpha value is -6.34. The summed E-state index contributed by atoms with van der Waals surface area (Å²) in [4.78, 5) is 50.8. The van der Waals surface area contributed by atoms with Gasteiger partial charge in [-0.3, -0.25) is 19.4 Å². The number of pyridine rings is 3. The third kappa shape index (κ3) is 22.6. The molecule has 6 aromatic rings. The van der Waals surface area contributed by atoms with E-state index in [0.717, 1.165) is 28.9 Å².